The lowest BCUT2D eigenvalue weighted by Gasteiger charge is -2.05. The second-order valence-corrected chi connectivity index (χ2v) is 4.42. The van der Waals surface area contributed by atoms with Crippen LogP contribution in [0.2, 0.25) is 0 Å². The van der Waals surface area contributed by atoms with Gasteiger partial charge in [-0.2, -0.15) is 5.26 Å². The number of rotatable bonds is 3. The smallest absolute Gasteiger partial charge is 0.126 e. The third-order valence-corrected chi connectivity index (χ3v) is 3.48. The molecule has 0 aliphatic carbocycles. The maximum atomic E-state index is 12.8. The minimum Gasteiger partial charge on any atom is -0.253 e. The Morgan fingerprint density at radius 1 is 1.64 bits per heavy atom. The van der Waals surface area contributed by atoms with E-state index in [0.717, 1.165) is 0 Å². The number of nitriles is 1. The molecule has 0 aliphatic rings. The molecule has 0 aromatic heterocycles. The van der Waals surface area contributed by atoms with Gasteiger partial charge in [-0.1, -0.05) is 13.0 Å². The van der Waals surface area contributed by atoms with Crippen molar-refractivity contribution in [3.05, 3.63) is 30.1 Å². The third-order valence-electron chi connectivity index (χ3n) is 1.80. The second-order valence-electron chi connectivity index (χ2n) is 2.78. The van der Waals surface area contributed by atoms with Crippen LogP contribution in [0.25, 0.3) is 0 Å². The number of benzene rings is 1. The van der Waals surface area contributed by atoms with Crippen LogP contribution in [0.1, 0.15) is 13.3 Å². The summed E-state index contributed by atoms with van der Waals surface area (Å²) in [4.78, 5) is 0.374. The number of halogens is 1. The van der Waals surface area contributed by atoms with Crippen LogP contribution in [0.5, 0.6) is 0 Å². The monoisotopic (exact) mass is 211 g/mol. The van der Waals surface area contributed by atoms with Gasteiger partial charge in [-0.25, -0.2) is 4.39 Å². The Morgan fingerprint density at radius 3 is 2.86 bits per heavy atom. The van der Waals surface area contributed by atoms with Crippen LogP contribution in [0.15, 0.2) is 29.2 Å². The van der Waals surface area contributed by atoms with Crippen molar-refractivity contribution >= 4 is 10.8 Å². The highest BCUT2D eigenvalue weighted by molar-refractivity contribution is 7.86. The van der Waals surface area contributed by atoms with Crippen molar-refractivity contribution in [1.29, 1.82) is 5.26 Å². The van der Waals surface area contributed by atoms with Gasteiger partial charge in [0.15, 0.2) is 0 Å². The lowest BCUT2D eigenvalue weighted by molar-refractivity contribution is 0.622. The summed E-state index contributed by atoms with van der Waals surface area (Å²) in [5.74, 6) is -0.427. The summed E-state index contributed by atoms with van der Waals surface area (Å²) in [6, 6.07) is 7.50. The molecule has 0 amide bonds. The van der Waals surface area contributed by atoms with Gasteiger partial charge >= 0.3 is 0 Å². The van der Waals surface area contributed by atoms with Crippen molar-refractivity contribution in [3.63, 3.8) is 0 Å². The van der Waals surface area contributed by atoms with Crippen molar-refractivity contribution in [2.24, 2.45) is 0 Å². The molecule has 0 bridgehead atoms. The molecule has 0 saturated heterocycles. The molecule has 4 heteroatoms. The van der Waals surface area contributed by atoms with Crippen LogP contribution in [0.3, 0.4) is 0 Å². The van der Waals surface area contributed by atoms with E-state index in [4.69, 9.17) is 5.26 Å². The average Bonchev–Trinajstić information content (AvgIpc) is 2.19. The van der Waals surface area contributed by atoms with Crippen molar-refractivity contribution in [2.75, 3.05) is 0 Å². The Hall–Kier alpha value is -1.21. The lowest BCUT2D eigenvalue weighted by Crippen LogP contribution is -2.11. The van der Waals surface area contributed by atoms with Crippen LogP contribution >= 0.6 is 0 Å². The van der Waals surface area contributed by atoms with Crippen LogP contribution in [0, 0.1) is 17.1 Å². The fourth-order valence-electron chi connectivity index (χ4n) is 1.05. The summed E-state index contributed by atoms with van der Waals surface area (Å²) in [7, 11) is -1.43. The Balaban J connectivity index is 2.95. The van der Waals surface area contributed by atoms with Gasteiger partial charge in [0.1, 0.15) is 11.1 Å². The summed E-state index contributed by atoms with van der Waals surface area (Å²) in [5, 5.41) is 8.13. The zero-order chi connectivity index (χ0) is 10.6. The van der Waals surface area contributed by atoms with E-state index in [1.807, 2.05) is 6.07 Å². The molecular formula is C10H10FNOS. The van der Waals surface area contributed by atoms with Crippen molar-refractivity contribution < 1.29 is 8.60 Å². The summed E-state index contributed by atoms with van der Waals surface area (Å²) >= 11 is 0. The van der Waals surface area contributed by atoms with Gasteiger partial charge in [0.2, 0.25) is 0 Å². The molecule has 0 saturated carbocycles. The molecule has 0 N–H and O–H groups in total. The molecule has 0 fully saturated rings. The first-order valence-electron chi connectivity index (χ1n) is 4.24. The van der Waals surface area contributed by atoms with E-state index in [-0.39, 0.29) is 0 Å². The summed E-state index contributed by atoms with van der Waals surface area (Å²) < 4.78 is 24.5. The van der Waals surface area contributed by atoms with E-state index in [9.17, 15) is 8.60 Å². The molecule has 0 heterocycles. The summed E-state index contributed by atoms with van der Waals surface area (Å²) in [6.07, 6.45) is 0.500. The number of nitrogens with zero attached hydrogens (tertiary/aromatic N) is 1. The number of hydrogen-bond donors (Lipinski definition) is 0. The maximum absolute atomic E-state index is 12.8. The fourth-order valence-corrected chi connectivity index (χ4v) is 2.22. The zero-order valence-electron chi connectivity index (χ0n) is 7.74. The first kappa shape index (κ1) is 10.9. The van der Waals surface area contributed by atoms with E-state index >= 15 is 0 Å². The molecule has 1 aromatic carbocycles. The van der Waals surface area contributed by atoms with Gasteiger partial charge in [-0.3, -0.25) is 4.21 Å². The Kier molecular flexibility index (Phi) is 3.78. The highest BCUT2D eigenvalue weighted by Crippen LogP contribution is 2.14. The minimum atomic E-state index is -1.43. The van der Waals surface area contributed by atoms with Crippen molar-refractivity contribution in [1.82, 2.24) is 0 Å². The Bertz CT molecular complexity index is 386. The van der Waals surface area contributed by atoms with Gasteiger partial charge < -0.3 is 0 Å². The van der Waals surface area contributed by atoms with E-state index in [1.165, 1.54) is 18.2 Å². The maximum Gasteiger partial charge on any atom is 0.126 e. The Labute approximate surface area is 84.8 Å². The zero-order valence-corrected chi connectivity index (χ0v) is 8.55. The fraction of sp³-hybridized carbons (Fsp3) is 0.300. The average molecular weight is 211 g/mol. The molecule has 0 aliphatic heterocycles. The van der Waals surface area contributed by atoms with Gasteiger partial charge in [0, 0.05) is 4.90 Å². The predicted molar refractivity (Wildman–Crippen MR) is 52.5 cm³/mol. The van der Waals surface area contributed by atoms with Gasteiger partial charge in [0.25, 0.3) is 0 Å². The molecule has 1 aromatic rings. The first-order valence-corrected chi connectivity index (χ1v) is 5.46. The molecule has 2 nitrogen and oxygen atoms in total. The van der Waals surface area contributed by atoms with Crippen LogP contribution in [-0.4, -0.2) is 9.46 Å². The second kappa shape index (κ2) is 4.87. The molecule has 1 rings (SSSR count). The van der Waals surface area contributed by atoms with Gasteiger partial charge in [-0.05, 0) is 24.6 Å². The molecule has 74 valence electrons. The summed E-state index contributed by atoms with van der Waals surface area (Å²) in [6.45, 7) is 1.78. The SMILES string of the molecule is CCC(C#N)S(=O)c1cccc(F)c1. The molecule has 0 spiro atoms. The van der Waals surface area contributed by atoms with Gasteiger partial charge in [0.05, 0.1) is 16.9 Å². The summed E-state index contributed by atoms with van der Waals surface area (Å²) in [5.41, 5.74) is 0. The van der Waals surface area contributed by atoms with E-state index in [0.29, 0.717) is 11.3 Å². The predicted octanol–water partition coefficient (Wildman–Crippen LogP) is 2.24. The van der Waals surface area contributed by atoms with Crippen LogP contribution < -0.4 is 0 Å². The highest BCUT2D eigenvalue weighted by atomic mass is 32.2. The molecule has 0 radical (unpaired) electrons. The minimum absolute atomic E-state index is 0.374. The molecule has 2 atom stereocenters. The normalized spacial score (nSPS) is 14.4. The number of hydrogen-bond acceptors (Lipinski definition) is 2. The Morgan fingerprint density at radius 2 is 2.36 bits per heavy atom. The quantitative estimate of drug-likeness (QED) is 0.769. The largest absolute Gasteiger partial charge is 0.253 e. The van der Waals surface area contributed by atoms with Crippen LogP contribution in [0.4, 0.5) is 4.39 Å². The van der Waals surface area contributed by atoms with E-state index < -0.39 is 21.9 Å². The molecule has 2 unspecified atom stereocenters. The highest BCUT2D eigenvalue weighted by Gasteiger charge is 2.15. The molecular weight excluding hydrogens is 201 g/mol. The van der Waals surface area contributed by atoms with Crippen molar-refractivity contribution in [3.8, 4) is 6.07 Å². The third kappa shape index (κ3) is 2.39. The van der Waals surface area contributed by atoms with Crippen molar-refractivity contribution in [2.45, 2.75) is 23.5 Å². The first-order chi connectivity index (χ1) is 6.69. The standard InChI is InChI=1S/C10H10FNOS/c1-2-9(7-12)14(13)10-5-3-4-8(11)6-10/h3-6,9H,2H2,1H3. The van der Waals surface area contributed by atoms with Gasteiger partial charge in [-0.15, -0.1) is 0 Å². The lowest BCUT2D eigenvalue weighted by atomic mass is 10.3. The van der Waals surface area contributed by atoms with E-state index in [1.54, 1.807) is 13.0 Å². The topological polar surface area (TPSA) is 40.9 Å². The molecule has 14 heavy (non-hydrogen) atoms. The van der Waals surface area contributed by atoms with Crippen LogP contribution in [-0.2, 0) is 10.8 Å². The van der Waals surface area contributed by atoms with E-state index in [2.05, 4.69) is 0 Å².